The maximum absolute atomic E-state index is 12.3. The molecule has 0 atom stereocenters. The Morgan fingerprint density at radius 2 is 1.70 bits per heavy atom. The lowest BCUT2D eigenvalue weighted by atomic mass is 10.2. The monoisotopic (exact) mass is 370 g/mol. The lowest BCUT2D eigenvalue weighted by molar-refractivity contribution is -0.139. The van der Waals surface area contributed by atoms with Gasteiger partial charge in [0, 0.05) is 31.3 Å². The van der Waals surface area contributed by atoms with Crippen molar-refractivity contribution in [1.29, 1.82) is 0 Å². The van der Waals surface area contributed by atoms with Crippen molar-refractivity contribution in [3.63, 3.8) is 0 Å². The Labute approximate surface area is 157 Å². The molecule has 0 aromatic heterocycles. The van der Waals surface area contributed by atoms with Crippen LogP contribution in [0.5, 0.6) is 5.75 Å². The van der Waals surface area contributed by atoms with Gasteiger partial charge in [0.1, 0.15) is 5.75 Å². The summed E-state index contributed by atoms with van der Waals surface area (Å²) in [6.45, 7) is -0.00189. The van der Waals surface area contributed by atoms with E-state index in [1.54, 1.807) is 55.6 Å². The van der Waals surface area contributed by atoms with Crippen molar-refractivity contribution in [3.8, 4) is 5.75 Å². The van der Waals surface area contributed by atoms with E-state index in [1.807, 2.05) is 6.07 Å². The molecule has 0 aliphatic heterocycles. The first kappa shape index (κ1) is 20.0. The standard InChI is InChI=1S/C20H22N2O5/c1-22(16-9-11-17(12-10-16)27-14-19(24)25)18(23)8-5-13-21-20(26)15-6-3-2-4-7-15/h2-4,6-7,9-12H,5,8,13-14H2,1H3,(H,21,26)(H,24,25). The Balaban J connectivity index is 1.75. The fourth-order valence-corrected chi connectivity index (χ4v) is 2.36. The minimum Gasteiger partial charge on any atom is -0.482 e. The van der Waals surface area contributed by atoms with Crippen molar-refractivity contribution in [2.75, 3.05) is 25.1 Å². The molecule has 0 saturated carbocycles. The summed E-state index contributed by atoms with van der Waals surface area (Å²) in [7, 11) is 1.66. The molecule has 0 saturated heterocycles. The molecule has 7 heteroatoms. The average molecular weight is 370 g/mol. The molecule has 0 fully saturated rings. The summed E-state index contributed by atoms with van der Waals surface area (Å²) in [5.74, 6) is -0.868. The van der Waals surface area contributed by atoms with Gasteiger partial charge in [-0.05, 0) is 42.8 Å². The first-order valence-electron chi connectivity index (χ1n) is 8.52. The fraction of sp³-hybridized carbons (Fsp3) is 0.250. The first-order valence-corrected chi connectivity index (χ1v) is 8.52. The smallest absolute Gasteiger partial charge is 0.341 e. The van der Waals surface area contributed by atoms with Gasteiger partial charge in [0.2, 0.25) is 5.91 Å². The molecule has 2 aromatic carbocycles. The number of rotatable bonds is 9. The summed E-state index contributed by atoms with van der Waals surface area (Å²) in [6, 6.07) is 15.5. The first-order chi connectivity index (χ1) is 13.0. The third kappa shape index (κ3) is 6.47. The van der Waals surface area contributed by atoms with Gasteiger partial charge in [0.05, 0.1) is 0 Å². The van der Waals surface area contributed by atoms with E-state index in [0.29, 0.717) is 36.4 Å². The molecule has 2 aromatic rings. The number of carboxylic acid groups (broad SMARTS) is 1. The summed E-state index contributed by atoms with van der Waals surface area (Å²) >= 11 is 0. The highest BCUT2D eigenvalue weighted by Crippen LogP contribution is 2.19. The minimum absolute atomic E-state index is 0.0804. The highest BCUT2D eigenvalue weighted by atomic mass is 16.5. The third-order valence-corrected chi connectivity index (χ3v) is 3.85. The highest BCUT2D eigenvalue weighted by Gasteiger charge is 2.11. The van der Waals surface area contributed by atoms with Gasteiger partial charge in [0.15, 0.2) is 6.61 Å². The molecular weight excluding hydrogens is 348 g/mol. The number of benzene rings is 2. The molecule has 0 spiro atoms. The molecule has 0 bridgehead atoms. The second-order valence-electron chi connectivity index (χ2n) is 5.85. The topological polar surface area (TPSA) is 95.9 Å². The summed E-state index contributed by atoms with van der Waals surface area (Å²) in [5.41, 5.74) is 1.27. The number of ether oxygens (including phenoxy) is 1. The molecular formula is C20H22N2O5. The van der Waals surface area contributed by atoms with Crippen molar-refractivity contribution < 1.29 is 24.2 Å². The zero-order chi connectivity index (χ0) is 19.6. The van der Waals surface area contributed by atoms with E-state index < -0.39 is 12.6 Å². The summed E-state index contributed by atoms with van der Waals surface area (Å²) in [5, 5.41) is 11.4. The van der Waals surface area contributed by atoms with E-state index in [9.17, 15) is 14.4 Å². The summed E-state index contributed by atoms with van der Waals surface area (Å²) in [6.07, 6.45) is 0.824. The molecule has 2 N–H and O–H groups in total. The van der Waals surface area contributed by atoms with Crippen molar-refractivity contribution in [2.45, 2.75) is 12.8 Å². The van der Waals surface area contributed by atoms with Crippen LogP contribution < -0.4 is 15.0 Å². The molecule has 7 nitrogen and oxygen atoms in total. The van der Waals surface area contributed by atoms with Gasteiger partial charge in [0.25, 0.3) is 5.91 Å². The van der Waals surface area contributed by atoms with E-state index in [-0.39, 0.29) is 11.8 Å². The maximum atomic E-state index is 12.3. The molecule has 0 heterocycles. The average Bonchev–Trinajstić information content (AvgIpc) is 2.69. The molecule has 27 heavy (non-hydrogen) atoms. The second kappa shape index (κ2) is 9.96. The molecule has 0 aliphatic carbocycles. The lowest BCUT2D eigenvalue weighted by Gasteiger charge is -2.18. The molecule has 2 amide bonds. The van der Waals surface area contributed by atoms with Gasteiger partial charge in [-0.15, -0.1) is 0 Å². The van der Waals surface area contributed by atoms with Crippen molar-refractivity contribution >= 4 is 23.5 Å². The van der Waals surface area contributed by atoms with E-state index in [4.69, 9.17) is 9.84 Å². The molecule has 0 aliphatic rings. The minimum atomic E-state index is -1.05. The summed E-state index contributed by atoms with van der Waals surface area (Å²) in [4.78, 5) is 36.2. The van der Waals surface area contributed by atoms with Crippen LogP contribution in [0.2, 0.25) is 0 Å². The zero-order valence-corrected chi connectivity index (χ0v) is 15.1. The van der Waals surface area contributed by atoms with Crippen LogP contribution >= 0.6 is 0 Å². The fourth-order valence-electron chi connectivity index (χ4n) is 2.36. The van der Waals surface area contributed by atoms with Crippen molar-refractivity contribution in [1.82, 2.24) is 5.32 Å². The van der Waals surface area contributed by atoms with Gasteiger partial charge in [-0.25, -0.2) is 4.79 Å². The Kier molecular flexibility index (Phi) is 7.37. The molecule has 0 radical (unpaired) electrons. The number of carbonyl (C=O) groups is 3. The zero-order valence-electron chi connectivity index (χ0n) is 15.1. The highest BCUT2D eigenvalue weighted by molar-refractivity contribution is 5.94. The Morgan fingerprint density at radius 1 is 1.04 bits per heavy atom. The number of amides is 2. The van der Waals surface area contributed by atoms with Gasteiger partial charge in [-0.1, -0.05) is 18.2 Å². The van der Waals surface area contributed by atoms with Crippen LogP contribution in [0.15, 0.2) is 54.6 Å². The van der Waals surface area contributed by atoms with Gasteiger partial charge >= 0.3 is 5.97 Å². The molecule has 0 unspecified atom stereocenters. The van der Waals surface area contributed by atoms with Gasteiger partial charge in [-0.3, -0.25) is 9.59 Å². The summed E-state index contributed by atoms with van der Waals surface area (Å²) < 4.78 is 5.06. The largest absolute Gasteiger partial charge is 0.482 e. The quantitative estimate of drug-likeness (QED) is 0.661. The van der Waals surface area contributed by atoms with Crippen LogP contribution in [0, 0.1) is 0 Å². The van der Waals surface area contributed by atoms with E-state index >= 15 is 0 Å². The molecule has 2 rings (SSSR count). The van der Waals surface area contributed by atoms with E-state index in [2.05, 4.69) is 5.32 Å². The Hall–Kier alpha value is -3.35. The number of carbonyl (C=O) groups excluding carboxylic acids is 2. The number of anilines is 1. The second-order valence-corrected chi connectivity index (χ2v) is 5.85. The van der Waals surface area contributed by atoms with Crippen LogP contribution in [0.4, 0.5) is 5.69 Å². The SMILES string of the molecule is CN(C(=O)CCCNC(=O)c1ccccc1)c1ccc(OCC(=O)O)cc1. The molecule has 142 valence electrons. The maximum Gasteiger partial charge on any atom is 0.341 e. The number of aliphatic carboxylic acids is 1. The number of hydrogen-bond donors (Lipinski definition) is 2. The van der Waals surface area contributed by atoms with Crippen LogP contribution in [-0.4, -0.2) is 43.1 Å². The third-order valence-electron chi connectivity index (χ3n) is 3.85. The number of nitrogens with one attached hydrogen (secondary N) is 1. The number of carboxylic acids is 1. The van der Waals surface area contributed by atoms with Crippen LogP contribution in [-0.2, 0) is 9.59 Å². The number of nitrogens with zero attached hydrogens (tertiary/aromatic N) is 1. The van der Waals surface area contributed by atoms with Crippen LogP contribution in [0.3, 0.4) is 0 Å². The van der Waals surface area contributed by atoms with Crippen LogP contribution in [0.25, 0.3) is 0 Å². The normalized spacial score (nSPS) is 10.1. The predicted octanol–water partition coefficient (Wildman–Crippen LogP) is 2.32. The number of hydrogen-bond acceptors (Lipinski definition) is 4. The van der Waals surface area contributed by atoms with E-state index in [1.165, 1.54) is 4.90 Å². The lowest BCUT2D eigenvalue weighted by Crippen LogP contribution is -2.28. The van der Waals surface area contributed by atoms with E-state index in [0.717, 1.165) is 0 Å². The van der Waals surface area contributed by atoms with Gasteiger partial charge < -0.3 is 20.1 Å². The van der Waals surface area contributed by atoms with Crippen molar-refractivity contribution in [3.05, 3.63) is 60.2 Å². The predicted molar refractivity (Wildman–Crippen MR) is 101 cm³/mol. The van der Waals surface area contributed by atoms with Gasteiger partial charge in [-0.2, -0.15) is 0 Å². The Bertz CT molecular complexity index is 775. The van der Waals surface area contributed by atoms with Crippen molar-refractivity contribution in [2.24, 2.45) is 0 Å². The Morgan fingerprint density at radius 3 is 2.33 bits per heavy atom. The van der Waals surface area contributed by atoms with Crippen LogP contribution in [0.1, 0.15) is 23.2 Å².